The van der Waals surface area contributed by atoms with Crippen molar-refractivity contribution in [1.29, 1.82) is 0 Å². The first-order valence-corrected chi connectivity index (χ1v) is 5.65. The Kier molecular flexibility index (Phi) is 7.68. The minimum Gasteiger partial charge on any atom is -0.463 e. The van der Waals surface area contributed by atoms with E-state index in [-0.39, 0.29) is 5.97 Å². The normalized spacial score (nSPS) is 11.1. The molecule has 3 heteroatoms. The summed E-state index contributed by atoms with van der Waals surface area (Å²) < 4.78 is 4.76. The zero-order valence-corrected chi connectivity index (χ0v) is 10.4. The van der Waals surface area contributed by atoms with Gasteiger partial charge >= 0.3 is 5.97 Å². The van der Waals surface area contributed by atoms with Crippen molar-refractivity contribution in [2.24, 2.45) is 5.41 Å². The van der Waals surface area contributed by atoms with E-state index in [4.69, 9.17) is 4.74 Å². The molecule has 0 saturated carbocycles. The number of ether oxygens (including phenoxy) is 1. The van der Waals surface area contributed by atoms with Crippen molar-refractivity contribution in [3.63, 3.8) is 0 Å². The number of hydrogen-bond donors (Lipinski definition) is 0. The van der Waals surface area contributed by atoms with Gasteiger partial charge in [0.05, 0.1) is 6.61 Å². The summed E-state index contributed by atoms with van der Waals surface area (Å²) in [5, 5.41) is 0. The van der Waals surface area contributed by atoms with E-state index in [2.05, 4.69) is 13.2 Å². The summed E-state index contributed by atoms with van der Waals surface area (Å²) in [4.78, 5) is 22.3. The maximum atomic E-state index is 11.2. The number of allylic oxidation sites excluding steroid dienone is 3. The van der Waals surface area contributed by atoms with Gasteiger partial charge in [-0.15, -0.1) is 13.2 Å². The number of esters is 1. The number of carbonyl (C=O) groups excluding carboxylic acids is 2. The molecule has 0 rings (SSSR count). The summed E-state index contributed by atoms with van der Waals surface area (Å²) in [6, 6.07) is 0. The van der Waals surface area contributed by atoms with E-state index in [0.717, 1.165) is 6.29 Å². The maximum Gasteiger partial charge on any atom is 0.330 e. The highest BCUT2D eigenvalue weighted by atomic mass is 16.5. The summed E-state index contributed by atoms with van der Waals surface area (Å²) in [7, 11) is 0. The standard InChI is InChI=1S/C14H20O3/c1-4-9-14(12-15,10-5-2)11-7-8-13(16)17-6-3/h4-5,7-8,12H,1-2,6,9-11H2,3H3/b8-7+. The van der Waals surface area contributed by atoms with Gasteiger partial charge in [-0.25, -0.2) is 4.79 Å². The molecule has 0 aromatic rings. The molecule has 0 atom stereocenters. The monoisotopic (exact) mass is 236 g/mol. The fourth-order valence-electron chi connectivity index (χ4n) is 1.55. The van der Waals surface area contributed by atoms with Crippen LogP contribution < -0.4 is 0 Å². The van der Waals surface area contributed by atoms with Crippen molar-refractivity contribution in [3.05, 3.63) is 37.5 Å². The Morgan fingerprint density at radius 2 is 1.82 bits per heavy atom. The Hall–Kier alpha value is -1.64. The van der Waals surface area contributed by atoms with E-state index in [1.165, 1.54) is 6.08 Å². The van der Waals surface area contributed by atoms with Crippen LogP contribution in [0.3, 0.4) is 0 Å². The van der Waals surface area contributed by atoms with Crippen LogP contribution >= 0.6 is 0 Å². The Labute approximate surface area is 103 Å². The number of hydrogen-bond acceptors (Lipinski definition) is 3. The van der Waals surface area contributed by atoms with Gasteiger partial charge in [0.25, 0.3) is 0 Å². The van der Waals surface area contributed by atoms with E-state index in [0.29, 0.717) is 25.9 Å². The summed E-state index contributed by atoms with van der Waals surface area (Å²) in [6.07, 6.45) is 8.95. The van der Waals surface area contributed by atoms with E-state index in [9.17, 15) is 9.59 Å². The van der Waals surface area contributed by atoms with Crippen LogP contribution in [0.15, 0.2) is 37.5 Å². The third-order valence-corrected chi connectivity index (χ3v) is 2.42. The lowest BCUT2D eigenvalue weighted by Gasteiger charge is -2.23. The second kappa shape index (κ2) is 8.50. The Morgan fingerprint density at radius 1 is 1.24 bits per heavy atom. The summed E-state index contributed by atoms with van der Waals surface area (Å²) in [6.45, 7) is 9.37. The van der Waals surface area contributed by atoms with Crippen molar-refractivity contribution >= 4 is 12.3 Å². The molecule has 0 aliphatic heterocycles. The zero-order valence-electron chi connectivity index (χ0n) is 10.4. The smallest absolute Gasteiger partial charge is 0.330 e. The van der Waals surface area contributed by atoms with Crippen LogP contribution in [0.5, 0.6) is 0 Å². The molecule has 0 spiro atoms. The van der Waals surface area contributed by atoms with Gasteiger partial charge < -0.3 is 9.53 Å². The fraction of sp³-hybridized carbons (Fsp3) is 0.429. The lowest BCUT2D eigenvalue weighted by atomic mass is 9.79. The average Bonchev–Trinajstić information content (AvgIpc) is 2.30. The van der Waals surface area contributed by atoms with Gasteiger partial charge in [-0.2, -0.15) is 0 Å². The molecular formula is C14H20O3. The zero-order chi connectivity index (χ0) is 13.1. The van der Waals surface area contributed by atoms with Gasteiger partial charge in [-0.1, -0.05) is 18.2 Å². The highest BCUT2D eigenvalue weighted by Crippen LogP contribution is 2.29. The van der Waals surface area contributed by atoms with Gasteiger partial charge in [-0.3, -0.25) is 0 Å². The Balaban J connectivity index is 4.52. The molecule has 0 aromatic heterocycles. The van der Waals surface area contributed by atoms with Crippen molar-refractivity contribution in [2.75, 3.05) is 6.61 Å². The molecule has 0 aliphatic rings. The molecule has 0 aromatic carbocycles. The third-order valence-electron chi connectivity index (χ3n) is 2.42. The van der Waals surface area contributed by atoms with Crippen LogP contribution in [0.25, 0.3) is 0 Å². The van der Waals surface area contributed by atoms with Crippen LogP contribution in [0.4, 0.5) is 0 Å². The summed E-state index contributed by atoms with van der Waals surface area (Å²) in [5.41, 5.74) is -0.535. The SMILES string of the molecule is C=CCC(C=O)(CC=C)C/C=C/C(=O)OCC. The minimum absolute atomic E-state index is 0.349. The van der Waals surface area contributed by atoms with Crippen LogP contribution in [0, 0.1) is 5.41 Å². The predicted octanol–water partition coefficient (Wildman–Crippen LogP) is 2.83. The molecule has 17 heavy (non-hydrogen) atoms. The average molecular weight is 236 g/mol. The van der Waals surface area contributed by atoms with Crippen LogP contribution in [0.2, 0.25) is 0 Å². The van der Waals surface area contributed by atoms with Gasteiger partial charge in [0.15, 0.2) is 0 Å². The lowest BCUT2D eigenvalue weighted by molar-refractivity contribution is -0.137. The van der Waals surface area contributed by atoms with E-state index < -0.39 is 5.41 Å². The largest absolute Gasteiger partial charge is 0.463 e. The maximum absolute atomic E-state index is 11.2. The van der Waals surface area contributed by atoms with Crippen LogP contribution in [-0.4, -0.2) is 18.9 Å². The van der Waals surface area contributed by atoms with Gasteiger partial charge in [0.2, 0.25) is 0 Å². The highest BCUT2D eigenvalue weighted by Gasteiger charge is 2.25. The Bertz CT molecular complexity index is 293. The van der Waals surface area contributed by atoms with Crippen molar-refractivity contribution < 1.29 is 14.3 Å². The van der Waals surface area contributed by atoms with Crippen molar-refractivity contribution in [2.45, 2.75) is 26.2 Å². The molecule has 0 fully saturated rings. The van der Waals surface area contributed by atoms with Gasteiger partial charge in [0, 0.05) is 11.5 Å². The van der Waals surface area contributed by atoms with Gasteiger partial charge in [0.1, 0.15) is 6.29 Å². The second-order valence-electron chi connectivity index (χ2n) is 3.82. The second-order valence-corrected chi connectivity index (χ2v) is 3.82. The minimum atomic E-state index is -0.535. The molecule has 0 unspecified atom stereocenters. The first kappa shape index (κ1) is 15.4. The third kappa shape index (κ3) is 5.85. The van der Waals surface area contributed by atoms with E-state index in [1.807, 2.05) is 0 Å². The molecule has 0 N–H and O–H groups in total. The van der Waals surface area contributed by atoms with Crippen LogP contribution in [-0.2, 0) is 14.3 Å². The summed E-state index contributed by atoms with van der Waals surface area (Å²) >= 11 is 0. The number of carbonyl (C=O) groups is 2. The highest BCUT2D eigenvalue weighted by molar-refractivity contribution is 5.81. The van der Waals surface area contributed by atoms with Gasteiger partial charge in [-0.05, 0) is 26.2 Å². The topological polar surface area (TPSA) is 43.4 Å². The molecular weight excluding hydrogens is 216 g/mol. The van der Waals surface area contributed by atoms with Crippen molar-refractivity contribution in [1.82, 2.24) is 0 Å². The van der Waals surface area contributed by atoms with E-state index >= 15 is 0 Å². The predicted molar refractivity (Wildman–Crippen MR) is 68.5 cm³/mol. The van der Waals surface area contributed by atoms with Crippen molar-refractivity contribution in [3.8, 4) is 0 Å². The molecule has 3 nitrogen and oxygen atoms in total. The molecule has 0 saturated heterocycles. The quantitative estimate of drug-likeness (QED) is 0.267. The molecule has 0 radical (unpaired) electrons. The molecule has 94 valence electrons. The van der Waals surface area contributed by atoms with E-state index in [1.54, 1.807) is 25.2 Å². The Morgan fingerprint density at radius 3 is 2.24 bits per heavy atom. The number of aldehydes is 1. The summed E-state index contributed by atoms with van der Waals surface area (Å²) in [5.74, 6) is -0.385. The van der Waals surface area contributed by atoms with Crippen LogP contribution in [0.1, 0.15) is 26.2 Å². The molecule has 0 bridgehead atoms. The lowest BCUT2D eigenvalue weighted by Crippen LogP contribution is -2.20. The molecule has 0 heterocycles. The molecule has 0 aliphatic carbocycles. The first-order chi connectivity index (χ1) is 8.14. The first-order valence-electron chi connectivity index (χ1n) is 5.65. The fourth-order valence-corrected chi connectivity index (χ4v) is 1.55. The number of rotatable bonds is 9. The molecule has 0 amide bonds.